The summed E-state index contributed by atoms with van der Waals surface area (Å²) >= 11 is 0. The Kier molecular flexibility index (Phi) is 5.77. The van der Waals surface area contributed by atoms with E-state index in [1.807, 2.05) is 27.7 Å². The van der Waals surface area contributed by atoms with Crippen molar-refractivity contribution in [3.8, 4) is 0 Å². The predicted octanol–water partition coefficient (Wildman–Crippen LogP) is 3.39. The van der Waals surface area contributed by atoms with E-state index in [4.69, 9.17) is 0 Å². The van der Waals surface area contributed by atoms with Crippen LogP contribution in [0.25, 0.3) is 0 Å². The van der Waals surface area contributed by atoms with Gasteiger partial charge in [0.15, 0.2) is 0 Å². The molecule has 0 aliphatic carbocycles. The van der Waals surface area contributed by atoms with E-state index < -0.39 is 5.41 Å². The molecule has 15 heavy (non-hydrogen) atoms. The Morgan fingerprint density at radius 1 is 1.00 bits per heavy atom. The standard InChI is InChI=1S/C13H24O2/c1-6-11(7-2)12(15)13(8-3,9-4)10(5)14/h11H,6-9H2,1-5H3. The highest BCUT2D eigenvalue weighted by atomic mass is 16.2. The minimum atomic E-state index is -0.712. The monoisotopic (exact) mass is 212 g/mol. The van der Waals surface area contributed by atoms with E-state index in [1.54, 1.807) is 6.92 Å². The van der Waals surface area contributed by atoms with Crippen LogP contribution in [0.5, 0.6) is 0 Å². The fourth-order valence-corrected chi connectivity index (χ4v) is 2.32. The van der Waals surface area contributed by atoms with Crippen molar-refractivity contribution in [3.63, 3.8) is 0 Å². The van der Waals surface area contributed by atoms with Crippen LogP contribution in [-0.2, 0) is 9.59 Å². The first-order chi connectivity index (χ1) is 6.99. The first kappa shape index (κ1) is 14.3. The number of Topliss-reactive ketones (excluding diaryl/α,β-unsaturated/α-hetero) is 2. The zero-order valence-electron chi connectivity index (χ0n) is 10.7. The number of carbonyl (C=O) groups is 2. The fourth-order valence-electron chi connectivity index (χ4n) is 2.32. The molecule has 0 spiro atoms. The molecule has 0 radical (unpaired) electrons. The molecule has 0 saturated heterocycles. The van der Waals surface area contributed by atoms with Crippen molar-refractivity contribution < 1.29 is 9.59 Å². The van der Waals surface area contributed by atoms with Gasteiger partial charge >= 0.3 is 0 Å². The highest BCUT2D eigenvalue weighted by Gasteiger charge is 2.41. The smallest absolute Gasteiger partial charge is 0.149 e. The maximum atomic E-state index is 12.3. The van der Waals surface area contributed by atoms with Gasteiger partial charge in [-0.2, -0.15) is 0 Å². The molecule has 0 heterocycles. The molecule has 0 aromatic carbocycles. The second-order valence-electron chi connectivity index (χ2n) is 4.22. The van der Waals surface area contributed by atoms with Crippen molar-refractivity contribution in [3.05, 3.63) is 0 Å². The summed E-state index contributed by atoms with van der Waals surface area (Å²) in [6, 6.07) is 0. The summed E-state index contributed by atoms with van der Waals surface area (Å²) in [5.74, 6) is 0.239. The maximum absolute atomic E-state index is 12.3. The molecule has 0 bridgehead atoms. The van der Waals surface area contributed by atoms with Crippen LogP contribution in [0.15, 0.2) is 0 Å². The predicted molar refractivity (Wildman–Crippen MR) is 62.8 cm³/mol. The Labute approximate surface area is 93.4 Å². The second kappa shape index (κ2) is 6.04. The maximum Gasteiger partial charge on any atom is 0.149 e. The van der Waals surface area contributed by atoms with E-state index in [-0.39, 0.29) is 17.5 Å². The number of rotatable bonds is 7. The summed E-state index contributed by atoms with van der Waals surface area (Å²) in [6.45, 7) is 9.45. The SMILES string of the molecule is CCC(CC)C(=O)C(CC)(CC)C(C)=O. The van der Waals surface area contributed by atoms with Crippen LogP contribution in [0.2, 0.25) is 0 Å². The average molecular weight is 212 g/mol. The molecule has 0 aromatic rings. The Balaban J connectivity index is 5.08. The molecule has 0 rings (SSSR count). The Morgan fingerprint density at radius 2 is 1.40 bits per heavy atom. The summed E-state index contributed by atoms with van der Waals surface area (Å²) in [6.07, 6.45) is 2.94. The van der Waals surface area contributed by atoms with E-state index in [9.17, 15) is 9.59 Å². The molecule has 0 amide bonds. The Hall–Kier alpha value is -0.660. The van der Waals surface area contributed by atoms with E-state index in [0.29, 0.717) is 12.8 Å². The molecule has 0 aliphatic heterocycles. The fraction of sp³-hybridized carbons (Fsp3) is 0.846. The Bertz CT molecular complexity index is 223. The van der Waals surface area contributed by atoms with Gasteiger partial charge in [-0.15, -0.1) is 0 Å². The normalized spacial score (nSPS) is 11.9. The molecule has 0 aromatic heterocycles. The van der Waals surface area contributed by atoms with Gasteiger partial charge in [-0.3, -0.25) is 9.59 Å². The molecule has 88 valence electrons. The average Bonchev–Trinajstić information content (AvgIpc) is 2.22. The first-order valence-electron chi connectivity index (χ1n) is 6.05. The highest BCUT2D eigenvalue weighted by Crippen LogP contribution is 2.33. The summed E-state index contributed by atoms with van der Waals surface area (Å²) in [7, 11) is 0. The summed E-state index contributed by atoms with van der Waals surface area (Å²) < 4.78 is 0. The van der Waals surface area contributed by atoms with Crippen molar-refractivity contribution in [2.24, 2.45) is 11.3 Å². The minimum Gasteiger partial charge on any atom is -0.299 e. The van der Waals surface area contributed by atoms with Crippen LogP contribution in [0.3, 0.4) is 0 Å². The van der Waals surface area contributed by atoms with Crippen molar-refractivity contribution in [1.82, 2.24) is 0 Å². The van der Waals surface area contributed by atoms with Gasteiger partial charge in [0, 0.05) is 5.92 Å². The number of hydrogen-bond donors (Lipinski definition) is 0. The molecule has 0 unspecified atom stereocenters. The third-order valence-electron chi connectivity index (χ3n) is 3.71. The molecule has 0 N–H and O–H groups in total. The van der Waals surface area contributed by atoms with Crippen molar-refractivity contribution in [2.45, 2.75) is 60.3 Å². The molecular weight excluding hydrogens is 188 g/mol. The zero-order valence-corrected chi connectivity index (χ0v) is 10.7. The largest absolute Gasteiger partial charge is 0.299 e. The lowest BCUT2D eigenvalue weighted by Crippen LogP contribution is -2.40. The van der Waals surface area contributed by atoms with E-state index in [0.717, 1.165) is 12.8 Å². The van der Waals surface area contributed by atoms with E-state index in [1.165, 1.54) is 0 Å². The van der Waals surface area contributed by atoms with Crippen LogP contribution in [-0.4, -0.2) is 11.6 Å². The lowest BCUT2D eigenvalue weighted by molar-refractivity contribution is -0.143. The molecule has 2 nitrogen and oxygen atoms in total. The van der Waals surface area contributed by atoms with Crippen LogP contribution < -0.4 is 0 Å². The molecule has 0 atom stereocenters. The summed E-state index contributed by atoms with van der Waals surface area (Å²) in [5, 5.41) is 0. The van der Waals surface area contributed by atoms with Crippen LogP contribution in [0, 0.1) is 11.3 Å². The van der Waals surface area contributed by atoms with Gasteiger partial charge in [0.2, 0.25) is 0 Å². The number of carbonyl (C=O) groups excluding carboxylic acids is 2. The lowest BCUT2D eigenvalue weighted by Gasteiger charge is -2.30. The number of hydrogen-bond acceptors (Lipinski definition) is 2. The molecule has 0 saturated carbocycles. The van der Waals surface area contributed by atoms with Crippen molar-refractivity contribution in [1.29, 1.82) is 0 Å². The van der Waals surface area contributed by atoms with Gasteiger partial charge in [-0.05, 0) is 32.6 Å². The molecular formula is C13H24O2. The molecule has 0 aliphatic rings. The van der Waals surface area contributed by atoms with E-state index >= 15 is 0 Å². The van der Waals surface area contributed by atoms with Gasteiger partial charge < -0.3 is 0 Å². The molecule has 0 fully saturated rings. The van der Waals surface area contributed by atoms with Crippen LogP contribution in [0.1, 0.15) is 60.3 Å². The van der Waals surface area contributed by atoms with Gasteiger partial charge in [0.25, 0.3) is 0 Å². The van der Waals surface area contributed by atoms with E-state index in [2.05, 4.69) is 0 Å². The first-order valence-corrected chi connectivity index (χ1v) is 6.05. The minimum absolute atomic E-state index is 0.0319. The third-order valence-corrected chi connectivity index (χ3v) is 3.71. The van der Waals surface area contributed by atoms with Gasteiger partial charge in [-0.1, -0.05) is 27.7 Å². The topological polar surface area (TPSA) is 34.1 Å². The quantitative estimate of drug-likeness (QED) is 0.606. The zero-order chi connectivity index (χ0) is 12.1. The van der Waals surface area contributed by atoms with Crippen molar-refractivity contribution in [2.75, 3.05) is 0 Å². The highest BCUT2D eigenvalue weighted by molar-refractivity contribution is 6.06. The van der Waals surface area contributed by atoms with Gasteiger partial charge in [0.1, 0.15) is 11.6 Å². The summed E-state index contributed by atoms with van der Waals surface area (Å²) in [5.41, 5.74) is -0.712. The van der Waals surface area contributed by atoms with Gasteiger partial charge in [-0.25, -0.2) is 0 Å². The van der Waals surface area contributed by atoms with Crippen molar-refractivity contribution >= 4 is 11.6 Å². The second-order valence-corrected chi connectivity index (χ2v) is 4.22. The van der Waals surface area contributed by atoms with Crippen LogP contribution in [0.4, 0.5) is 0 Å². The Morgan fingerprint density at radius 3 is 1.60 bits per heavy atom. The third kappa shape index (κ3) is 2.67. The number of ketones is 2. The lowest BCUT2D eigenvalue weighted by atomic mass is 9.70. The summed E-state index contributed by atoms with van der Waals surface area (Å²) in [4.78, 5) is 24.0. The van der Waals surface area contributed by atoms with Gasteiger partial charge in [0.05, 0.1) is 5.41 Å². The van der Waals surface area contributed by atoms with Crippen LogP contribution >= 0.6 is 0 Å². The molecule has 2 heteroatoms.